The van der Waals surface area contributed by atoms with Crippen LogP contribution in [0.3, 0.4) is 0 Å². The lowest BCUT2D eigenvalue weighted by Gasteiger charge is -2.23. The Kier molecular flexibility index (Phi) is 4.23. The molecule has 0 amide bonds. The number of nitrogens with two attached hydrogens (primary N) is 1. The van der Waals surface area contributed by atoms with Gasteiger partial charge >= 0.3 is 0 Å². The summed E-state index contributed by atoms with van der Waals surface area (Å²) < 4.78 is 0. The Morgan fingerprint density at radius 3 is 2.40 bits per heavy atom. The van der Waals surface area contributed by atoms with Crippen molar-refractivity contribution in [3.05, 3.63) is 47.3 Å². The molecule has 20 heavy (non-hydrogen) atoms. The largest absolute Gasteiger partial charge is 0.383 e. The average molecular weight is 270 g/mol. The van der Waals surface area contributed by atoms with Gasteiger partial charge < -0.3 is 10.6 Å². The summed E-state index contributed by atoms with van der Waals surface area (Å²) in [6.45, 7) is 7.11. The SMILES string of the molecule is Cc1ccc(CN(C)c2ncnc(N)c2C(C)C)cc1. The first-order valence-corrected chi connectivity index (χ1v) is 6.86. The molecule has 0 saturated carbocycles. The number of aryl methyl sites for hydroxylation is 1. The molecule has 0 radical (unpaired) electrons. The molecule has 0 saturated heterocycles. The molecule has 2 rings (SSSR count). The van der Waals surface area contributed by atoms with E-state index in [9.17, 15) is 0 Å². The van der Waals surface area contributed by atoms with E-state index >= 15 is 0 Å². The number of nitrogen functional groups attached to an aromatic ring is 1. The quantitative estimate of drug-likeness (QED) is 0.927. The Morgan fingerprint density at radius 2 is 1.80 bits per heavy atom. The molecule has 0 aliphatic heterocycles. The molecule has 0 aliphatic rings. The van der Waals surface area contributed by atoms with Gasteiger partial charge in [0.05, 0.1) is 0 Å². The highest BCUT2D eigenvalue weighted by molar-refractivity contribution is 5.58. The monoisotopic (exact) mass is 270 g/mol. The minimum atomic E-state index is 0.298. The van der Waals surface area contributed by atoms with E-state index in [4.69, 9.17) is 5.73 Å². The Morgan fingerprint density at radius 1 is 1.15 bits per heavy atom. The van der Waals surface area contributed by atoms with Crippen LogP contribution in [0.2, 0.25) is 0 Å². The van der Waals surface area contributed by atoms with Crippen LogP contribution in [0.4, 0.5) is 11.6 Å². The van der Waals surface area contributed by atoms with Crippen LogP contribution < -0.4 is 10.6 Å². The van der Waals surface area contributed by atoms with Gasteiger partial charge in [-0.05, 0) is 18.4 Å². The second kappa shape index (κ2) is 5.90. The van der Waals surface area contributed by atoms with Crippen LogP contribution >= 0.6 is 0 Å². The molecular formula is C16H22N4. The number of rotatable bonds is 4. The highest BCUT2D eigenvalue weighted by Gasteiger charge is 2.16. The van der Waals surface area contributed by atoms with Gasteiger partial charge in [0.1, 0.15) is 18.0 Å². The van der Waals surface area contributed by atoms with E-state index in [-0.39, 0.29) is 0 Å². The molecule has 0 aliphatic carbocycles. The third-order valence-electron chi connectivity index (χ3n) is 3.37. The summed E-state index contributed by atoms with van der Waals surface area (Å²) in [6.07, 6.45) is 1.53. The van der Waals surface area contributed by atoms with Crippen molar-refractivity contribution in [2.45, 2.75) is 33.2 Å². The van der Waals surface area contributed by atoms with Crippen LogP contribution in [-0.4, -0.2) is 17.0 Å². The predicted octanol–water partition coefficient (Wildman–Crippen LogP) is 3.13. The topological polar surface area (TPSA) is 55.0 Å². The molecular weight excluding hydrogens is 248 g/mol. The molecule has 0 spiro atoms. The second-order valence-electron chi connectivity index (χ2n) is 5.49. The predicted molar refractivity (Wildman–Crippen MR) is 83.8 cm³/mol. The highest BCUT2D eigenvalue weighted by atomic mass is 15.2. The lowest BCUT2D eigenvalue weighted by atomic mass is 10.0. The first-order valence-electron chi connectivity index (χ1n) is 6.86. The summed E-state index contributed by atoms with van der Waals surface area (Å²) in [6, 6.07) is 8.54. The lowest BCUT2D eigenvalue weighted by Crippen LogP contribution is -2.21. The minimum absolute atomic E-state index is 0.298. The molecule has 1 heterocycles. The Hall–Kier alpha value is -2.10. The van der Waals surface area contributed by atoms with Crippen LogP contribution in [0, 0.1) is 6.92 Å². The number of benzene rings is 1. The van der Waals surface area contributed by atoms with Crippen molar-refractivity contribution in [1.82, 2.24) is 9.97 Å². The lowest BCUT2D eigenvalue weighted by molar-refractivity contribution is 0.812. The molecule has 0 unspecified atom stereocenters. The van der Waals surface area contributed by atoms with E-state index in [1.807, 2.05) is 7.05 Å². The van der Waals surface area contributed by atoms with E-state index in [1.54, 1.807) is 0 Å². The maximum Gasteiger partial charge on any atom is 0.137 e. The number of aromatic nitrogens is 2. The van der Waals surface area contributed by atoms with Crippen molar-refractivity contribution in [3.63, 3.8) is 0 Å². The van der Waals surface area contributed by atoms with Crippen LogP contribution in [-0.2, 0) is 6.54 Å². The molecule has 106 valence electrons. The van der Waals surface area contributed by atoms with Gasteiger partial charge in [0.25, 0.3) is 0 Å². The van der Waals surface area contributed by atoms with Gasteiger partial charge in [-0.2, -0.15) is 0 Å². The summed E-state index contributed by atoms with van der Waals surface area (Å²) in [7, 11) is 2.04. The van der Waals surface area contributed by atoms with Crippen molar-refractivity contribution < 1.29 is 0 Å². The molecule has 0 bridgehead atoms. The number of nitrogens with zero attached hydrogens (tertiary/aromatic N) is 3. The summed E-state index contributed by atoms with van der Waals surface area (Å²) in [5.74, 6) is 1.78. The average Bonchev–Trinajstić information content (AvgIpc) is 2.40. The fourth-order valence-electron chi connectivity index (χ4n) is 2.30. The molecule has 2 aromatic rings. The van der Waals surface area contributed by atoms with Gasteiger partial charge in [-0.15, -0.1) is 0 Å². The van der Waals surface area contributed by atoms with Crippen molar-refractivity contribution >= 4 is 11.6 Å². The van der Waals surface area contributed by atoms with Crippen molar-refractivity contribution in [1.29, 1.82) is 0 Å². The zero-order valence-corrected chi connectivity index (χ0v) is 12.6. The van der Waals surface area contributed by atoms with Crippen LogP contribution in [0.1, 0.15) is 36.5 Å². The molecule has 0 fully saturated rings. The maximum atomic E-state index is 6.00. The third kappa shape index (κ3) is 3.07. The van der Waals surface area contributed by atoms with E-state index in [1.165, 1.54) is 17.5 Å². The fourth-order valence-corrected chi connectivity index (χ4v) is 2.30. The smallest absolute Gasteiger partial charge is 0.137 e. The standard InChI is InChI=1S/C16H22N4/c1-11(2)14-15(17)18-10-19-16(14)20(4)9-13-7-5-12(3)6-8-13/h5-8,10-11H,9H2,1-4H3,(H2,17,18,19). The first-order chi connectivity index (χ1) is 9.49. The highest BCUT2D eigenvalue weighted by Crippen LogP contribution is 2.29. The first kappa shape index (κ1) is 14.3. The Bertz CT molecular complexity index is 576. The zero-order chi connectivity index (χ0) is 14.7. The maximum absolute atomic E-state index is 6.00. The van der Waals surface area contributed by atoms with E-state index < -0.39 is 0 Å². The van der Waals surface area contributed by atoms with Gasteiger partial charge in [0, 0.05) is 19.2 Å². The third-order valence-corrected chi connectivity index (χ3v) is 3.37. The number of anilines is 2. The second-order valence-corrected chi connectivity index (χ2v) is 5.49. The summed E-state index contributed by atoms with van der Waals surface area (Å²) in [5.41, 5.74) is 9.54. The molecule has 2 N–H and O–H groups in total. The minimum Gasteiger partial charge on any atom is -0.383 e. The molecule has 4 heteroatoms. The van der Waals surface area contributed by atoms with Gasteiger partial charge in [-0.1, -0.05) is 43.7 Å². The Balaban J connectivity index is 2.27. The van der Waals surface area contributed by atoms with Gasteiger partial charge in [-0.3, -0.25) is 0 Å². The van der Waals surface area contributed by atoms with Gasteiger partial charge in [-0.25, -0.2) is 9.97 Å². The summed E-state index contributed by atoms with van der Waals surface area (Å²) >= 11 is 0. The molecule has 1 aromatic carbocycles. The number of hydrogen-bond donors (Lipinski definition) is 1. The van der Waals surface area contributed by atoms with Crippen LogP contribution in [0.25, 0.3) is 0 Å². The van der Waals surface area contributed by atoms with Crippen LogP contribution in [0.5, 0.6) is 0 Å². The summed E-state index contributed by atoms with van der Waals surface area (Å²) in [4.78, 5) is 10.6. The summed E-state index contributed by atoms with van der Waals surface area (Å²) in [5, 5.41) is 0. The van der Waals surface area contributed by atoms with E-state index in [0.29, 0.717) is 11.7 Å². The van der Waals surface area contributed by atoms with Gasteiger partial charge in [0.2, 0.25) is 0 Å². The Labute approximate surface area is 120 Å². The molecule has 4 nitrogen and oxygen atoms in total. The van der Waals surface area contributed by atoms with E-state index in [2.05, 4.69) is 59.9 Å². The van der Waals surface area contributed by atoms with Gasteiger partial charge in [0.15, 0.2) is 0 Å². The fraction of sp³-hybridized carbons (Fsp3) is 0.375. The van der Waals surface area contributed by atoms with Crippen molar-refractivity contribution in [2.24, 2.45) is 0 Å². The van der Waals surface area contributed by atoms with Crippen LogP contribution in [0.15, 0.2) is 30.6 Å². The zero-order valence-electron chi connectivity index (χ0n) is 12.6. The number of hydrogen-bond acceptors (Lipinski definition) is 4. The molecule has 1 aromatic heterocycles. The van der Waals surface area contributed by atoms with Crippen molar-refractivity contribution in [2.75, 3.05) is 17.7 Å². The normalized spacial score (nSPS) is 10.8. The van der Waals surface area contributed by atoms with E-state index in [0.717, 1.165) is 17.9 Å². The molecule has 0 atom stereocenters. The van der Waals surface area contributed by atoms with Crippen molar-refractivity contribution in [3.8, 4) is 0 Å².